The van der Waals surface area contributed by atoms with Gasteiger partial charge in [0.05, 0.1) is 24.6 Å². The summed E-state index contributed by atoms with van der Waals surface area (Å²) in [5.74, 6) is 1.23. The summed E-state index contributed by atoms with van der Waals surface area (Å²) >= 11 is 0. The van der Waals surface area contributed by atoms with Gasteiger partial charge >= 0.3 is 5.76 Å². The fraction of sp³-hybridized carbons (Fsp3) is 0.294. The van der Waals surface area contributed by atoms with E-state index in [1.165, 1.54) is 0 Å². The molecule has 5 aromatic rings. The van der Waals surface area contributed by atoms with Gasteiger partial charge in [0, 0.05) is 81.8 Å². The number of nitrogens with zero attached hydrogens (tertiary/aromatic N) is 3. The largest absolute Gasteiger partial charge is 0.490 e. The Balaban J connectivity index is 0.00000384. The SMILES string of the molecule is CCCc1nc(C)n(-c2ccc(OC3CCOCC3)cc2)c(=O)c1Cc1ccc(-c2ccccc2-c2noc(=O)[nH]2)cc1.[K]. The van der Waals surface area contributed by atoms with Gasteiger partial charge in [-0.15, -0.1) is 0 Å². The molecular formula is C34H34KN4O5. The van der Waals surface area contributed by atoms with Crippen molar-refractivity contribution in [3.63, 3.8) is 0 Å². The van der Waals surface area contributed by atoms with Crippen molar-refractivity contribution in [1.82, 2.24) is 19.7 Å². The molecule has 6 rings (SSSR count). The van der Waals surface area contributed by atoms with E-state index >= 15 is 0 Å². The van der Waals surface area contributed by atoms with Crippen LogP contribution in [-0.2, 0) is 17.6 Å². The second kappa shape index (κ2) is 14.8. The third-order valence-electron chi connectivity index (χ3n) is 7.75. The molecule has 1 aliphatic heterocycles. The van der Waals surface area contributed by atoms with Crippen molar-refractivity contribution in [1.29, 1.82) is 0 Å². The number of hydrogen-bond donors (Lipinski definition) is 1. The number of aryl methyl sites for hydroxylation is 2. The van der Waals surface area contributed by atoms with E-state index in [-0.39, 0.29) is 63.0 Å². The third-order valence-corrected chi connectivity index (χ3v) is 7.75. The molecule has 44 heavy (non-hydrogen) atoms. The van der Waals surface area contributed by atoms with Gasteiger partial charge in [0.1, 0.15) is 17.7 Å². The quantitative estimate of drug-likeness (QED) is 0.224. The average Bonchev–Trinajstić information content (AvgIpc) is 3.47. The molecule has 1 aliphatic rings. The summed E-state index contributed by atoms with van der Waals surface area (Å²) in [4.78, 5) is 33.1. The van der Waals surface area contributed by atoms with E-state index in [9.17, 15) is 9.59 Å². The minimum atomic E-state index is -0.598. The van der Waals surface area contributed by atoms with Crippen LogP contribution in [0.5, 0.6) is 5.75 Å². The smallest absolute Gasteiger partial charge is 0.439 e. The summed E-state index contributed by atoms with van der Waals surface area (Å²) in [6.45, 7) is 5.41. The molecule has 10 heteroatoms. The maximum absolute atomic E-state index is 14.0. The molecule has 221 valence electrons. The molecule has 1 saturated heterocycles. The van der Waals surface area contributed by atoms with E-state index in [2.05, 4.69) is 17.1 Å². The molecule has 0 aliphatic carbocycles. The number of hydrogen-bond acceptors (Lipinski definition) is 7. The Morgan fingerprint density at radius 3 is 2.32 bits per heavy atom. The Morgan fingerprint density at radius 2 is 1.66 bits per heavy atom. The molecule has 2 aromatic heterocycles. The van der Waals surface area contributed by atoms with Crippen molar-refractivity contribution in [2.45, 2.75) is 52.1 Å². The maximum Gasteiger partial charge on any atom is 0.439 e. The van der Waals surface area contributed by atoms with Gasteiger partial charge in [-0.3, -0.25) is 18.9 Å². The first-order chi connectivity index (χ1) is 21.0. The minimum Gasteiger partial charge on any atom is -0.490 e. The number of aromatic nitrogens is 4. The summed E-state index contributed by atoms with van der Waals surface area (Å²) in [5, 5.41) is 3.86. The van der Waals surface area contributed by atoms with E-state index in [1.54, 1.807) is 4.57 Å². The molecule has 1 N–H and O–H groups in total. The zero-order valence-corrected chi connectivity index (χ0v) is 28.5. The number of ether oxygens (including phenoxy) is 2. The van der Waals surface area contributed by atoms with Crippen LogP contribution in [0.4, 0.5) is 0 Å². The zero-order chi connectivity index (χ0) is 29.8. The molecule has 3 aromatic carbocycles. The summed E-state index contributed by atoms with van der Waals surface area (Å²) in [7, 11) is 0. The van der Waals surface area contributed by atoms with E-state index in [0.717, 1.165) is 78.3 Å². The zero-order valence-electron chi connectivity index (χ0n) is 25.3. The molecule has 1 fully saturated rings. The molecule has 0 atom stereocenters. The molecule has 9 nitrogen and oxygen atoms in total. The van der Waals surface area contributed by atoms with E-state index in [1.807, 2.05) is 79.7 Å². The predicted octanol–water partition coefficient (Wildman–Crippen LogP) is 5.27. The van der Waals surface area contributed by atoms with Crippen molar-refractivity contribution in [3.05, 3.63) is 116 Å². The second-order valence-electron chi connectivity index (χ2n) is 10.8. The van der Waals surface area contributed by atoms with Crippen molar-refractivity contribution in [2.24, 2.45) is 0 Å². The standard InChI is InChI=1S/C34H34N4O5.K/c1-3-6-31-30(21-23-9-11-24(12-10-23)28-7-4-5-8-29(28)32-36-34(40)43-37-32)33(39)38(22(2)35-31)25-13-15-26(16-14-25)42-27-17-19-41-20-18-27;/h4-5,7-16,27H,3,6,17-21H2,1-2H3,(H,36,37,40);. The monoisotopic (exact) mass is 617 g/mol. The number of nitrogens with one attached hydrogen (secondary N) is 1. The minimum absolute atomic E-state index is 0. The van der Waals surface area contributed by atoms with E-state index in [0.29, 0.717) is 23.6 Å². The van der Waals surface area contributed by atoms with Gasteiger partial charge in [-0.25, -0.2) is 9.78 Å². The fourth-order valence-corrected chi connectivity index (χ4v) is 5.60. The third kappa shape index (κ3) is 7.22. The van der Waals surface area contributed by atoms with Crippen molar-refractivity contribution >= 4 is 51.4 Å². The number of rotatable bonds is 9. The first-order valence-electron chi connectivity index (χ1n) is 14.7. The molecule has 0 bridgehead atoms. The van der Waals surface area contributed by atoms with Gasteiger partial charge in [0.2, 0.25) is 0 Å². The number of H-pyrrole nitrogens is 1. The van der Waals surface area contributed by atoms with Gasteiger partial charge in [-0.2, -0.15) is 0 Å². The molecule has 0 amide bonds. The Kier molecular flexibility index (Phi) is 10.8. The molecular weight excluding hydrogens is 583 g/mol. The van der Waals surface area contributed by atoms with Crippen LogP contribution in [0.15, 0.2) is 86.9 Å². The van der Waals surface area contributed by atoms with Gasteiger partial charge < -0.3 is 9.47 Å². The van der Waals surface area contributed by atoms with Gasteiger partial charge in [0.25, 0.3) is 5.56 Å². The molecule has 3 heterocycles. The van der Waals surface area contributed by atoms with Crippen LogP contribution in [0.3, 0.4) is 0 Å². The van der Waals surface area contributed by atoms with Crippen molar-refractivity contribution in [3.8, 4) is 34.0 Å². The van der Waals surface area contributed by atoms with Crippen molar-refractivity contribution < 1.29 is 14.0 Å². The first-order valence-corrected chi connectivity index (χ1v) is 14.7. The van der Waals surface area contributed by atoms with Crippen molar-refractivity contribution in [2.75, 3.05) is 13.2 Å². The summed E-state index contributed by atoms with van der Waals surface area (Å²) < 4.78 is 18.0. The summed E-state index contributed by atoms with van der Waals surface area (Å²) in [6.07, 6.45) is 3.99. The van der Waals surface area contributed by atoms with E-state index in [4.69, 9.17) is 19.0 Å². The molecule has 0 spiro atoms. The van der Waals surface area contributed by atoms with Crippen LogP contribution in [-0.4, -0.2) is 90.4 Å². The van der Waals surface area contributed by atoms with Crippen LogP contribution in [0, 0.1) is 6.92 Å². The van der Waals surface area contributed by atoms with Gasteiger partial charge in [-0.1, -0.05) is 67.0 Å². The van der Waals surface area contributed by atoms with Gasteiger partial charge in [-0.05, 0) is 54.3 Å². The molecule has 1 radical (unpaired) electrons. The number of aromatic amines is 1. The Morgan fingerprint density at radius 1 is 0.955 bits per heavy atom. The van der Waals surface area contributed by atoms with Crippen LogP contribution in [0.1, 0.15) is 48.8 Å². The molecule has 0 saturated carbocycles. The molecule has 0 unspecified atom stereocenters. The summed E-state index contributed by atoms with van der Waals surface area (Å²) in [6, 6.07) is 23.4. The summed E-state index contributed by atoms with van der Waals surface area (Å²) in [5.41, 5.74) is 5.88. The van der Waals surface area contributed by atoms with Gasteiger partial charge in [0.15, 0.2) is 5.82 Å². The van der Waals surface area contributed by atoms with Crippen LogP contribution in [0.25, 0.3) is 28.2 Å². The van der Waals surface area contributed by atoms with Crippen LogP contribution < -0.4 is 16.1 Å². The Bertz CT molecular complexity index is 1820. The second-order valence-corrected chi connectivity index (χ2v) is 10.8. The predicted molar refractivity (Wildman–Crippen MR) is 170 cm³/mol. The normalized spacial score (nSPS) is 13.4. The fourth-order valence-electron chi connectivity index (χ4n) is 5.60. The van der Waals surface area contributed by atoms with E-state index < -0.39 is 5.76 Å². The van der Waals surface area contributed by atoms with Crippen LogP contribution in [0.2, 0.25) is 0 Å². The Labute approximate surface area is 298 Å². The first kappa shape index (κ1) is 32.3. The number of benzene rings is 3. The Hall–Kier alpha value is -3.12. The topological polar surface area (TPSA) is 112 Å². The van der Waals surface area contributed by atoms with Crippen LogP contribution >= 0.6 is 0 Å². The average molecular weight is 618 g/mol. The maximum atomic E-state index is 14.0.